The highest BCUT2D eigenvalue weighted by Gasteiger charge is 2.15. The number of amides is 1. The minimum Gasteiger partial charge on any atom is -0.478 e. The van der Waals surface area contributed by atoms with Gasteiger partial charge in [-0.25, -0.2) is 4.79 Å². The van der Waals surface area contributed by atoms with Crippen molar-refractivity contribution in [2.75, 3.05) is 11.1 Å². The highest BCUT2D eigenvalue weighted by Crippen LogP contribution is 2.14. The molecule has 0 atom stereocenters. The first-order chi connectivity index (χ1) is 9.08. The molecule has 4 N–H and O–H groups in total. The minimum atomic E-state index is -1.14. The van der Waals surface area contributed by atoms with Crippen LogP contribution in [0, 0.1) is 0 Å². The molecule has 0 heterocycles. The van der Waals surface area contributed by atoms with E-state index in [0.29, 0.717) is 11.4 Å². The summed E-state index contributed by atoms with van der Waals surface area (Å²) in [5.74, 6) is -1.61. The number of carboxylic acids is 1. The Morgan fingerprint density at radius 3 is 2.11 bits per heavy atom. The predicted molar refractivity (Wildman–Crippen MR) is 72.2 cm³/mol. The fourth-order valence-corrected chi connectivity index (χ4v) is 1.63. The number of carboxylic acid groups (broad SMARTS) is 1. The Hall–Kier alpha value is -2.82. The topological polar surface area (TPSA) is 92.4 Å². The van der Waals surface area contributed by atoms with Crippen molar-refractivity contribution in [1.29, 1.82) is 0 Å². The Morgan fingerprint density at radius 1 is 0.947 bits per heavy atom. The van der Waals surface area contributed by atoms with Crippen LogP contribution in [0.1, 0.15) is 20.7 Å². The number of rotatable bonds is 3. The molecule has 5 nitrogen and oxygen atoms in total. The van der Waals surface area contributed by atoms with Crippen LogP contribution in [0.15, 0.2) is 48.5 Å². The van der Waals surface area contributed by atoms with Gasteiger partial charge in [-0.3, -0.25) is 4.79 Å². The Balaban J connectivity index is 2.25. The first-order valence-corrected chi connectivity index (χ1v) is 5.57. The molecule has 5 heteroatoms. The second-order valence-corrected chi connectivity index (χ2v) is 3.93. The number of carbonyl (C=O) groups is 2. The van der Waals surface area contributed by atoms with Gasteiger partial charge in [0.15, 0.2) is 0 Å². The molecule has 2 aromatic rings. The number of hydrogen-bond donors (Lipinski definition) is 3. The number of anilines is 2. The minimum absolute atomic E-state index is 0.0320. The third-order valence-corrected chi connectivity index (χ3v) is 2.57. The van der Waals surface area contributed by atoms with Crippen molar-refractivity contribution in [3.63, 3.8) is 0 Å². The van der Waals surface area contributed by atoms with Crippen LogP contribution in [0.2, 0.25) is 0 Å². The van der Waals surface area contributed by atoms with Gasteiger partial charge in [-0.2, -0.15) is 0 Å². The normalized spacial score (nSPS) is 9.89. The van der Waals surface area contributed by atoms with E-state index in [9.17, 15) is 9.59 Å². The van der Waals surface area contributed by atoms with Crippen molar-refractivity contribution in [3.8, 4) is 0 Å². The van der Waals surface area contributed by atoms with E-state index in [2.05, 4.69) is 5.32 Å². The molecule has 96 valence electrons. The first kappa shape index (κ1) is 12.6. The van der Waals surface area contributed by atoms with Crippen molar-refractivity contribution in [2.45, 2.75) is 0 Å². The van der Waals surface area contributed by atoms with E-state index < -0.39 is 11.9 Å². The lowest BCUT2D eigenvalue weighted by molar-refractivity contribution is 0.0692. The summed E-state index contributed by atoms with van der Waals surface area (Å²) in [5, 5.41) is 11.6. The highest BCUT2D eigenvalue weighted by molar-refractivity contribution is 6.10. The highest BCUT2D eigenvalue weighted by atomic mass is 16.4. The van der Waals surface area contributed by atoms with Crippen LogP contribution in [0.3, 0.4) is 0 Å². The third kappa shape index (κ3) is 2.90. The van der Waals surface area contributed by atoms with E-state index >= 15 is 0 Å². The molecule has 0 saturated carbocycles. The summed E-state index contributed by atoms with van der Waals surface area (Å²) in [6.07, 6.45) is 0. The zero-order valence-electron chi connectivity index (χ0n) is 9.96. The number of nitrogen functional groups attached to an aromatic ring is 1. The maximum absolute atomic E-state index is 12.0. The molecule has 0 bridgehead atoms. The smallest absolute Gasteiger partial charge is 0.336 e. The largest absolute Gasteiger partial charge is 0.478 e. The molecule has 1 amide bonds. The van der Waals surface area contributed by atoms with Crippen molar-refractivity contribution in [2.24, 2.45) is 0 Å². The van der Waals surface area contributed by atoms with Crippen molar-refractivity contribution in [3.05, 3.63) is 59.7 Å². The van der Waals surface area contributed by atoms with Gasteiger partial charge in [0.2, 0.25) is 0 Å². The van der Waals surface area contributed by atoms with Crippen molar-refractivity contribution < 1.29 is 14.7 Å². The zero-order chi connectivity index (χ0) is 13.8. The maximum Gasteiger partial charge on any atom is 0.336 e. The van der Waals surface area contributed by atoms with Gasteiger partial charge in [0, 0.05) is 11.4 Å². The molecule has 2 aromatic carbocycles. The fraction of sp³-hybridized carbons (Fsp3) is 0. The Bertz CT molecular complexity index is 621. The van der Waals surface area contributed by atoms with Crippen LogP contribution < -0.4 is 11.1 Å². The van der Waals surface area contributed by atoms with Crippen LogP contribution in [-0.4, -0.2) is 17.0 Å². The monoisotopic (exact) mass is 256 g/mol. The molecular weight excluding hydrogens is 244 g/mol. The Kier molecular flexibility index (Phi) is 3.47. The number of nitrogens with two attached hydrogens (primary N) is 1. The number of hydrogen-bond acceptors (Lipinski definition) is 3. The maximum atomic E-state index is 12.0. The standard InChI is InChI=1S/C14H12N2O3/c15-9-5-7-10(8-6-9)16-13(17)11-3-1-2-4-12(11)14(18)19/h1-8H,15H2,(H,16,17)(H,18,19). The van der Waals surface area contributed by atoms with E-state index in [0.717, 1.165) is 0 Å². The summed E-state index contributed by atoms with van der Waals surface area (Å²) in [6.45, 7) is 0. The molecule has 0 aliphatic rings. The van der Waals surface area contributed by atoms with Gasteiger partial charge in [0.25, 0.3) is 5.91 Å². The van der Waals surface area contributed by atoms with Gasteiger partial charge in [0.1, 0.15) is 0 Å². The summed E-state index contributed by atoms with van der Waals surface area (Å²) in [4.78, 5) is 23.0. The Morgan fingerprint density at radius 2 is 1.53 bits per heavy atom. The van der Waals surface area contributed by atoms with Crippen LogP contribution in [-0.2, 0) is 0 Å². The van der Waals surface area contributed by atoms with Crippen molar-refractivity contribution >= 4 is 23.3 Å². The quantitative estimate of drug-likeness (QED) is 0.734. The fourth-order valence-electron chi connectivity index (χ4n) is 1.63. The number of carbonyl (C=O) groups excluding carboxylic acids is 1. The van der Waals surface area contributed by atoms with Crippen LogP contribution >= 0.6 is 0 Å². The lowest BCUT2D eigenvalue weighted by atomic mass is 10.1. The molecule has 2 rings (SSSR count). The molecular formula is C14H12N2O3. The van der Waals surface area contributed by atoms with Crippen LogP contribution in [0.4, 0.5) is 11.4 Å². The molecule has 0 radical (unpaired) electrons. The second kappa shape index (κ2) is 5.22. The third-order valence-electron chi connectivity index (χ3n) is 2.57. The lowest BCUT2D eigenvalue weighted by Crippen LogP contribution is -2.16. The molecule has 19 heavy (non-hydrogen) atoms. The average Bonchev–Trinajstić information content (AvgIpc) is 2.41. The number of aromatic carboxylic acids is 1. The second-order valence-electron chi connectivity index (χ2n) is 3.93. The number of benzene rings is 2. The summed E-state index contributed by atoms with van der Waals surface area (Å²) >= 11 is 0. The Labute approximate surface area is 109 Å². The van der Waals surface area contributed by atoms with E-state index in [1.165, 1.54) is 12.1 Å². The van der Waals surface area contributed by atoms with Crippen LogP contribution in [0.25, 0.3) is 0 Å². The van der Waals surface area contributed by atoms with E-state index in [-0.39, 0.29) is 11.1 Å². The van der Waals surface area contributed by atoms with Gasteiger partial charge in [0.05, 0.1) is 11.1 Å². The molecule has 0 aliphatic heterocycles. The van der Waals surface area contributed by atoms with Gasteiger partial charge in [-0.1, -0.05) is 12.1 Å². The first-order valence-electron chi connectivity index (χ1n) is 5.57. The predicted octanol–water partition coefficient (Wildman–Crippen LogP) is 2.22. The summed E-state index contributed by atoms with van der Waals surface area (Å²) < 4.78 is 0. The summed E-state index contributed by atoms with van der Waals surface area (Å²) in [7, 11) is 0. The van der Waals surface area contributed by atoms with E-state index in [1.54, 1.807) is 36.4 Å². The van der Waals surface area contributed by atoms with Crippen LogP contribution in [0.5, 0.6) is 0 Å². The zero-order valence-corrected chi connectivity index (χ0v) is 9.96. The molecule has 0 aromatic heterocycles. The van der Waals surface area contributed by atoms with Gasteiger partial charge in [-0.05, 0) is 36.4 Å². The van der Waals surface area contributed by atoms with E-state index in [1.807, 2.05) is 0 Å². The van der Waals surface area contributed by atoms with Gasteiger partial charge in [-0.15, -0.1) is 0 Å². The molecule has 0 fully saturated rings. The molecule has 0 unspecified atom stereocenters. The molecule has 0 spiro atoms. The SMILES string of the molecule is Nc1ccc(NC(=O)c2ccccc2C(=O)O)cc1. The van der Waals surface area contributed by atoms with Crippen molar-refractivity contribution in [1.82, 2.24) is 0 Å². The lowest BCUT2D eigenvalue weighted by Gasteiger charge is -2.07. The average molecular weight is 256 g/mol. The van der Waals surface area contributed by atoms with E-state index in [4.69, 9.17) is 10.8 Å². The van der Waals surface area contributed by atoms with Gasteiger partial charge >= 0.3 is 5.97 Å². The molecule has 0 aliphatic carbocycles. The number of nitrogens with one attached hydrogen (secondary N) is 1. The molecule has 0 saturated heterocycles. The summed E-state index contributed by atoms with van der Waals surface area (Å²) in [6, 6.07) is 12.6. The van der Waals surface area contributed by atoms with Gasteiger partial charge < -0.3 is 16.2 Å². The summed E-state index contributed by atoms with van der Waals surface area (Å²) in [5.41, 5.74) is 6.77.